The summed E-state index contributed by atoms with van der Waals surface area (Å²) in [6.45, 7) is 0. The molecule has 1 heterocycles. The lowest BCUT2D eigenvalue weighted by atomic mass is 10.2. The van der Waals surface area contributed by atoms with Crippen LogP contribution in [-0.2, 0) is 4.79 Å². The van der Waals surface area contributed by atoms with E-state index in [0.717, 1.165) is 5.56 Å². The van der Waals surface area contributed by atoms with E-state index in [4.69, 9.17) is 11.6 Å². The van der Waals surface area contributed by atoms with Crippen molar-refractivity contribution in [1.29, 1.82) is 0 Å². The van der Waals surface area contributed by atoms with Crippen molar-refractivity contribution < 1.29 is 9.90 Å². The molecule has 0 spiro atoms. The number of phenolic OH excluding ortho intramolecular Hbond substituents is 1. The van der Waals surface area contributed by atoms with Gasteiger partial charge in [0.05, 0.1) is 10.6 Å². The Kier molecular flexibility index (Phi) is 4.18. The first kappa shape index (κ1) is 14.7. The van der Waals surface area contributed by atoms with Crippen LogP contribution in [0.15, 0.2) is 58.4 Å². The number of carbonyl (C=O) groups excluding carboxylic acids is 1. The second-order valence-electron chi connectivity index (χ2n) is 4.52. The number of amides is 1. The summed E-state index contributed by atoms with van der Waals surface area (Å²) in [5.74, 6) is -0.0909. The Morgan fingerprint density at radius 3 is 2.77 bits per heavy atom. The molecule has 0 atom stereocenters. The highest BCUT2D eigenvalue weighted by Crippen LogP contribution is 2.30. The normalized spacial score (nSPS) is 18.0. The van der Waals surface area contributed by atoms with Gasteiger partial charge in [0.25, 0.3) is 5.91 Å². The van der Waals surface area contributed by atoms with E-state index < -0.39 is 0 Å². The lowest BCUT2D eigenvalue weighted by Gasteiger charge is -1.97. The number of rotatable bonds is 2. The second kappa shape index (κ2) is 6.25. The zero-order valence-electron chi connectivity index (χ0n) is 11.3. The Labute approximate surface area is 136 Å². The monoisotopic (exact) mass is 330 g/mol. The van der Waals surface area contributed by atoms with Crippen LogP contribution in [0.3, 0.4) is 0 Å². The minimum Gasteiger partial charge on any atom is -0.508 e. The standard InChI is InChI=1S/C16H11ClN2O2S/c17-13-7-2-1-4-10(13)8-14-15(21)19-16(22-14)18-11-5-3-6-12(20)9-11/h1-9,20H,(H,18,19,21)/b14-8-. The maximum absolute atomic E-state index is 12.0. The zero-order valence-corrected chi connectivity index (χ0v) is 12.9. The molecule has 0 saturated carbocycles. The summed E-state index contributed by atoms with van der Waals surface area (Å²) < 4.78 is 0. The van der Waals surface area contributed by atoms with Crippen molar-refractivity contribution in [3.05, 3.63) is 64.0 Å². The third-order valence-electron chi connectivity index (χ3n) is 2.90. The van der Waals surface area contributed by atoms with Crippen molar-refractivity contribution in [3.63, 3.8) is 0 Å². The van der Waals surface area contributed by atoms with Crippen LogP contribution < -0.4 is 5.32 Å². The van der Waals surface area contributed by atoms with Crippen LogP contribution >= 0.6 is 23.4 Å². The number of hydrogen-bond acceptors (Lipinski definition) is 4. The molecule has 0 aliphatic carbocycles. The average molecular weight is 331 g/mol. The number of hydrogen-bond donors (Lipinski definition) is 2. The van der Waals surface area contributed by atoms with Gasteiger partial charge < -0.3 is 10.4 Å². The van der Waals surface area contributed by atoms with Gasteiger partial charge in [0.15, 0.2) is 5.17 Å². The molecule has 3 rings (SSSR count). The Hall–Kier alpha value is -2.24. The quantitative estimate of drug-likeness (QED) is 0.820. The topological polar surface area (TPSA) is 61.7 Å². The molecule has 2 aromatic rings. The van der Waals surface area contributed by atoms with E-state index in [0.29, 0.717) is 20.8 Å². The van der Waals surface area contributed by atoms with Crippen molar-refractivity contribution in [3.8, 4) is 5.75 Å². The van der Waals surface area contributed by atoms with Crippen LogP contribution in [0.2, 0.25) is 5.02 Å². The van der Waals surface area contributed by atoms with Gasteiger partial charge in [-0.05, 0) is 41.6 Å². The van der Waals surface area contributed by atoms with E-state index >= 15 is 0 Å². The molecule has 1 aliphatic heterocycles. The second-order valence-corrected chi connectivity index (χ2v) is 5.96. The molecule has 1 fully saturated rings. The van der Waals surface area contributed by atoms with Gasteiger partial charge in [-0.1, -0.05) is 35.9 Å². The summed E-state index contributed by atoms with van der Waals surface area (Å²) in [7, 11) is 0. The van der Waals surface area contributed by atoms with Crippen LogP contribution in [0.5, 0.6) is 5.75 Å². The van der Waals surface area contributed by atoms with Gasteiger partial charge in [-0.3, -0.25) is 4.79 Å². The molecular formula is C16H11ClN2O2S. The lowest BCUT2D eigenvalue weighted by Crippen LogP contribution is -2.19. The minimum atomic E-state index is -0.219. The largest absolute Gasteiger partial charge is 0.508 e. The van der Waals surface area contributed by atoms with Gasteiger partial charge in [0.1, 0.15) is 5.75 Å². The molecule has 1 aliphatic rings. The fraction of sp³-hybridized carbons (Fsp3) is 0. The maximum Gasteiger partial charge on any atom is 0.264 e. The Morgan fingerprint density at radius 2 is 2.00 bits per heavy atom. The van der Waals surface area contributed by atoms with Crippen LogP contribution in [0.1, 0.15) is 5.56 Å². The number of halogens is 1. The summed E-state index contributed by atoms with van der Waals surface area (Å²) in [4.78, 5) is 16.8. The lowest BCUT2D eigenvalue weighted by molar-refractivity contribution is -0.115. The summed E-state index contributed by atoms with van der Waals surface area (Å²) in [5.41, 5.74) is 1.35. The molecule has 1 saturated heterocycles. The number of thioether (sulfide) groups is 1. The smallest absolute Gasteiger partial charge is 0.264 e. The van der Waals surface area contributed by atoms with Crippen molar-refractivity contribution in [2.75, 3.05) is 0 Å². The first-order chi connectivity index (χ1) is 10.6. The number of nitrogens with one attached hydrogen (secondary N) is 1. The molecule has 2 N–H and O–H groups in total. The first-order valence-corrected chi connectivity index (χ1v) is 7.64. The van der Waals surface area contributed by atoms with Crippen LogP contribution in [0, 0.1) is 0 Å². The molecule has 1 amide bonds. The van der Waals surface area contributed by atoms with Gasteiger partial charge in [0, 0.05) is 11.1 Å². The Bertz CT molecular complexity index is 802. The molecule has 2 aromatic carbocycles. The van der Waals surface area contributed by atoms with Gasteiger partial charge in [0.2, 0.25) is 0 Å². The maximum atomic E-state index is 12.0. The fourth-order valence-electron chi connectivity index (χ4n) is 1.89. The van der Waals surface area contributed by atoms with Crippen LogP contribution in [-0.4, -0.2) is 16.2 Å². The van der Waals surface area contributed by atoms with Gasteiger partial charge in [-0.25, -0.2) is 4.99 Å². The van der Waals surface area contributed by atoms with Gasteiger partial charge in [-0.15, -0.1) is 0 Å². The van der Waals surface area contributed by atoms with Crippen LogP contribution in [0.25, 0.3) is 6.08 Å². The molecule has 0 bridgehead atoms. The number of amidine groups is 1. The first-order valence-electron chi connectivity index (χ1n) is 6.45. The van der Waals surface area contributed by atoms with Crippen molar-refractivity contribution in [1.82, 2.24) is 5.32 Å². The molecule has 22 heavy (non-hydrogen) atoms. The molecular weight excluding hydrogens is 320 g/mol. The summed E-state index contributed by atoms with van der Waals surface area (Å²) >= 11 is 7.32. The molecule has 4 nitrogen and oxygen atoms in total. The van der Waals surface area contributed by atoms with E-state index in [9.17, 15) is 9.90 Å². The summed E-state index contributed by atoms with van der Waals surface area (Å²) in [6, 6.07) is 13.8. The van der Waals surface area contributed by atoms with Crippen molar-refractivity contribution >= 4 is 46.2 Å². The van der Waals surface area contributed by atoms with E-state index in [2.05, 4.69) is 10.3 Å². The highest BCUT2D eigenvalue weighted by Gasteiger charge is 2.24. The molecule has 6 heteroatoms. The molecule has 0 unspecified atom stereocenters. The summed E-state index contributed by atoms with van der Waals surface area (Å²) in [5, 5.41) is 13.2. The van der Waals surface area contributed by atoms with Crippen molar-refractivity contribution in [2.45, 2.75) is 0 Å². The van der Waals surface area contributed by atoms with Crippen molar-refractivity contribution in [2.24, 2.45) is 4.99 Å². The van der Waals surface area contributed by atoms with E-state index in [1.807, 2.05) is 18.2 Å². The number of carbonyl (C=O) groups is 1. The van der Waals surface area contributed by atoms with Gasteiger partial charge >= 0.3 is 0 Å². The average Bonchev–Trinajstić information content (AvgIpc) is 2.81. The molecule has 110 valence electrons. The number of aromatic hydroxyl groups is 1. The predicted octanol–water partition coefficient (Wildman–Crippen LogP) is 3.94. The van der Waals surface area contributed by atoms with Crippen LogP contribution in [0.4, 0.5) is 5.69 Å². The Morgan fingerprint density at radius 1 is 1.18 bits per heavy atom. The Balaban J connectivity index is 1.86. The SMILES string of the molecule is O=C1NC(=Nc2cccc(O)c2)S/C1=C\c1ccccc1Cl. The fourth-order valence-corrected chi connectivity index (χ4v) is 2.92. The zero-order chi connectivity index (χ0) is 15.5. The summed E-state index contributed by atoms with van der Waals surface area (Å²) in [6.07, 6.45) is 1.73. The third-order valence-corrected chi connectivity index (χ3v) is 4.16. The highest BCUT2D eigenvalue weighted by molar-refractivity contribution is 8.18. The minimum absolute atomic E-state index is 0.128. The van der Waals surface area contributed by atoms with E-state index in [-0.39, 0.29) is 11.7 Å². The van der Waals surface area contributed by atoms with E-state index in [1.165, 1.54) is 17.8 Å². The van der Waals surface area contributed by atoms with Gasteiger partial charge in [-0.2, -0.15) is 0 Å². The number of benzene rings is 2. The van der Waals surface area contributed by atoms with E-state index in [1.54, 1.807) is 30.3 Å². The highest BCUT2D eigenvalue weighted by atomic mass is 35.5. The number of nitrogens with zero attached hydrogens (tertiary/aromatic N) is 1. The number of aliphatic imine (C=N–C) groups is 1. The molecule has 0 aromatic heterocycles. The third kappa shape index (κ3) is 3.32. The molecule has 0 radical (unpaired) electrons. The number of phenols is 1. The predicted molar refractivity (Wildman–Crippen MR) is 90.4 cm³/mol.